The van der Waals surface area contributed by atoms with Gasteiger partial charge in [-0.25, -0.2) is 8.42 Å². The Morgan fingerprint density at radius 1 is 0.694 bits per heavy atom. The molecule has 0 unspecified atom stereocenters. The summed E-state index contributed by atoms with van der Waals surface area (Å²) < 4.78 is 159. The first kappa shape index (κ1) is 47.5. The molecule has 0 bridgehead atoms. The van der Waals surface area contributed by atoms with Gasteiger partial charge < -0.3 is 31.3 Å². The highest BCUT2D eigenvalue weighted by molar-refractivity contribution is 8.08. The van der Waals surface area contributed by atoms with Crippen molar-refractivity contribution in [3.8, 4) is 5.75 Å². The van der Waals surface area contributed by atoms with Gasteiger partial charge in [-0.15, -0.1) is 10.2 Å². The van der Waals surface area contributed by atoms with Gasteiger partial charge in [-0.1, -0.05) is 0 Å². The summed E-state index contributed by atoms with van der Waals surface area (Å²) in [7, 11) is -26.2. The molecule has 0 aliphatic carbocycles. The van der Waals surface area contributed by atoms with Gasteiger partial charge in [-0.2, -0.15) is 48.6 Å². The summed E-state index contributed by atoms with van der Waals surface area (Å²) in [5.41, 5.74) is -2.47. The zero-order valence-corrected chi connectivity index (χ0v) is 35.3. The molecule has 32 heteroatoms. The highest BCUT2D eigenvalue weighted by Crippen LogP contribution is 2.46. The largest absolute Gasteiger partial charge is 0.505 e. The molecular formula is C30H27ClN8O18S5. The molecule has 0 aliphatic rings. The second-order valence-electron chi connectivity index (χ2n) is 12.4. The van der Waals surface area contributed by atoms with Crippen molar-refractivity contribution in [1.82, 2.24) is 15.0 Å². The molecule has 4 aromatic carbocycles. The fraction of sp³-hybridized carbons (Fsp3) is 0.133. The molecule has 0 spiro atoms. The van der Waals surface area contributed by atoms with Crippen LogP contribution in [0.3, 0.4) is 0 Å². The summed E-state index contributed by atoms with van der Waals surface area (Å²) in [5, 5.41) is 43.6. The molecule has 0 aliphatic heterocycles. The van der Waals surface area contributed by atoms with Crippen molar-refractivity contribution < 1.29 is 80.4 Å². The molecule has 332 valence electrons. The number of phenolic OH excluding ortho intramolecular Hbond substituents is 1. The maximum atomic E-state index is 13.0. The van der Waals surface area contributed by atoms with E-state index in [4.69, 9.17) is 11.6 Å². The van der Waals surface area contributed by atoms with Crippen LogP contribution in [0.25, 0.3) is 10.8 Å². The average molecular weight is 983 g/mol. The van der Waals surface area contributed by atoms with E-state index in [9.17, 15) is 80.4 Å². The number of aliphatic hydroxyl groups is 2. The van der Waals surface area contributed by atoms with E-state index in [0.29, 0.717) is 18.2 Å². The summed E-state index contributed by atoms with van der Waals surface area (Å²) >= 11 is 6.05. The van der Waals surface area contributed by atoms with Crippen LogP contribution in [0.4, 0.5) is 40.3 Å². The number of azo groups is 1. The van der Waals surface area contributed by atoms with E-state index >= 15 is 0 Å². The minimum absolute atomic E-state index is 0.0343. The van der Waals surface area contributed by atoms with Crippen LogP contribution in [0.1, 0.15) is 6.92 Å². The van der Waals surface area contributed by atoms with Gasteiger partial charge in [0.25, 0.3) is 40.5 Å². The number of amides is 1. The maximum Gasteiger partial charge on any atom is 0.296 e. The fourth-order valence-electron chi connectivity index (χ4n) is 5.36. The minimum Gasteiger partial charge on any atom is -0.505 e. The molecule has 0 fully saturated rings. The van der Waals surface area contributed by atoms with Crippen LogP contribution in [0.5, 0.6) is 5.75 Å². The number of carbonyl (C=O) groups excluding carboxylic acids is 1. The molecule has 10 N–H and O–H groups in total. The van der Waals surface area contributed by atoms with Gasteiger partial charge in [-0.05, 0) is 77.7 Å². The van der Waals surface area contributed by atoms with E-state index in [1.54, 1.807) is 0 Å². The Kier molecular flexibility index (Phi) is 13.0. The summed E-state index contributed by atoms with van der Waals surface area (Å²) in [5.74, 6) is -2.71. The molecule has 0 saturated heterocycles. The Labute approximate surface area is 354 Å². The molecule has 1 amide bonds. The van der Waals surface area contributed by atoms with Crippen LogP contribution in [0, 0.1) is 0 Å². The van der Waals surface area contributed by atoms with Gasteiger partial charge in [0.1, 0.15) is 21.2 Å². The monoisotopic (exact) mass is 982 g/mol. The number of hydrogen-bond acceptors (Lipinski definition) is 21. The van der Waals surface area contributed by atoms with Crippen molar-refractivity contribution >= 4 is 119 Å². The van der Waals surface area contributed by atoms with E-state index in [1.807, 2.05) is 0 Å². The highest BCUT2D eigenvalue weighted by atomic mass is 35.5. The predicted octanol–water partition coefficient (Wildman–Crippen LogP) is 2.33. The topological polar surface area (TPSA) is 429 Å². The molecule has 5 aromatic rings. The molecule has 1 aromatic heterocycles. The lowest BCUT2D eigenvalue weighted by Crippen LogP contribution is -2.52. The number of aromatic hydroxyl groups is 1. The molecule has 26 nitrogen and oxygen atoms in total. The first-order valence-corrected chi connectivity index (χ1v) is 23.7. The zero-order valence-electron chi connectivity index (χ0n) is 30.5. The van der Waals surface area contributed by atoms with Crippen molar-refractivity contribution in [3.63, 3.8) is 0 Å². The number of carbonyl (C=O) groups is 1. The van der Waals surface area contributed by atoms with Gasteiger partial charge >= 0.3 is 0 Å². The number of aromatic nitrogens is 3. The number of sulfone groups is 1. The molecule has 5 rings (SSSR count). The zero-order chi connectivity index (χ0) is 46.4. The lowest BCUT2D eigenvalue weighted by Gasteiger charge is -2.26. The van der Waals surface area contributed by atoms with E-state index in [-0.39, 0.29) is 23.3 Å². The van der Waals surface area contributed by atoms with Crippen molar-refractivity contribution in [2.75, 3.05) is 29.2 Å². The Bertz CT molecular complexity index is 3260. The summed E-state index contributed by atoms with van der Waals surface area (Å²) in [6.07, 6.45) is 0. The first-order chi connectivity index (χ1) is 28.5. The van der Waals surface area contributed by atoms with Crippen molar-refractivity contribution in [3.05, 3.63) is 65.9 Å². The number of aliphatic hydroxyl groups excluding tert-OH is 2. The van der Waals surface area contributed by atoms with Crippen LogP contribution in [0.15, 0.2) is 90.5 Å². The summed E-state index contributed by atoms with van der Waals surface area (Å²) in [6.45, 7) is -2.40. The maximum absolute atomic E-state index is 13.0. The lowest BCUT2D eigenvalue weighted by atomic mass is 10.1. The van der Waals surface area contributed by atoms with Crippen molar-refractivity contribution in [2.45, 2.75) is 30.6 Å². The first-order valence-electron chi connectivity index (χ1n) is 16.1. The predicted molar refractivity (Wildman–Crippen MR) is 213 cm³/mol. The molecule has 0 atom stereocenters. The number of hydrogen-bond donors (Lipinski definition) is 10. The molecule has 62 heavy (non-hydrogen) atoms. The number of halogens is 1. The Hall–Kier alpha value is -5.58. The standard InChI is InChI=1S/C30H27ClN8O18S5/c1-14(42)32-21-11-19(59(46,47)48)8-15-9-23(61(52,53)54)25(26(43)24(15)21)39-38-20-10-17(4-7-22(20)60(49,50)51)34-29-36-27(31)35-28(37-29)33-16-2-5-18(6-3-16)58(44,45)30(12-40,13-41)62(55,56)57/h2-11,40-41,43H,12-13H2,1H3,(H,32,42)(H,46,47,48)(H,49,50,51)(H,52,53,54)(H,55,56,57)(H2,33,34,35,36,37). The van der Waals surface area contributed by atoms with Crippen LogP contribution < -0.4 is 16.0 Å². The third kappa shape index (κ3) is 9.72. The highest BCUT2D eigenvalue weighted by Gasteiger charge is 2.55. The molecule has 0 radical (unpaired) electrons. The van der Waals surface area contributed by atoms with Gasteiger partial charge in [0.05, 0.1) is 28.7 Å². The second kappa shape index (κ2) is 16.9. The van der Waals surface area contributed by atoms with E-state index in [1.165, 1.54) is 0 Å². The Balaban J connectivity index is 1.54. The van der Waals surface area contributed by atoms with Crippen LogP contribution in [-0.4, -0.2) is 114 Å². The van der Waals surface area contributed by atoms with Crippen LogP contribution in [0.2, 0.25) is 5.28 Å². The number of nitrogens with zero attached hydrogens (tertiary/aromatic N) is 5. The number of nitrogens with one attached hydrogen (secondary N) is 3. The van der Waals surface area contributed by atoms with Crippen LogP contribution >= 0.6 is 11.6 Å². The quantitative estimate of drug-likeness (QED) is 0.0531. The second-order valence-corrected chi connectivity index (χ2v) is 21.2. The summed E-state index contributed by atoms with van der Waals surface area (Å²) in [6, 6.07) is 8.55. The number of anilines is 5. The van der Waals surface area contributed by atoms with E-state index < -0.39 is 132 Å². The van der Waals surface area contributed by atoms with Gasteiger partial charge in [0.2, 0.25) is 37.0 Å². The van der Waals surface area contributed by atoms with Gasteiger partial charge in [-0.3, -0.25) is 23.0 Å². The Morgan fingerprint density at radius 2 is 1.24 bits per heavy atom. The molecular weight excluding hydrogens is 956 g/mol. The van der Waals surface area contributed by atoms with E-state index in [0.717, 1.165) is 49.4 Å². The summed E-state index contributed by atoms with van der Waals surface area (Å²) in [4.78, 5) is 19.9. The number of benzene rings is 4. The minimum atomic E-state index is -5.56. The number of rotatable bonds is 15. The van der Waals surface area contributed by atoms with Gasteiger partial charge in [0, 0.05) is 23.7 Å². The molecule has 0 saturated carbocycles. The number of fused-ring (bicyclic) bond motifs is 1. The third-order valence-electron chi connectivity index (χ3n) is 8.23. The van der Waals surface area contributed by atoms with Gasteiger partial charge in [0.15, 0.2) is 5.75 Å². The SMILES string of the molecule is CC(=O)Nc1cc(S(=O)(=O)O)cc2cc(S(=O)(=O)O)c(N=Nc3cc(Nc4nc(Cl)nc(Nc5ccc(S(=O)(=O)C(CO)(CO)S(=O)(=O)O)cc5)n4)ccc3S(=O)(=O)O)c(O)c12. The van der Waals surface area contributed by atoms with Crippen molar-refractivity contribution in [2.24, 2.45) is 10.2 Å². The number of phenols is 1. The van der Waals surface area contributed by atoms with E-state index in [2.05, 4.69) is 41.1 Å². The Morgan fingerprint density at radius 3 is 1.74 bits per heavy atom. The fourth-order valence-corrected chi connectivity index (χ4v) is 10.3. The lowest BCUT2D eigenvalue weighted by molar-refractivity contribution is -0.114. The third-order valence-corrected chi connectivity index (χ3v) is 15.6. The average Bonchev–Trinajstić information content (AvgIpc) is 3.12. The smallest absolute Gasteiger partial charge is 0.296 e. The van der Waals surface area contributed by atoms with Crippen LogP contribution in [-0.2, 0) is 55.1 Å². The van der Waals surface area contributed by atoms with Crippen molar-refractivity contribution in [1.29, 1.82) is 0 Å². The molecule has 1 heterocycles. The normalized spacial score (nSPS) is 13.0.